The van der Waals surface area contributed by atoms with Crippen LogP contribution < -0.4 is 9.64 Å². The van der Waals surface area contributed by atoms with Gasteiger partial charge >= 0.3 is 6.36 Å². The van der Waals surface area contributed by atoms with Crippen molar-refractivity contribution in [3.05, 3.63) is 41.8 Å². The minimum atomic E-state index is -4.78. The summed E-state index contributed by atoms with van der Waals surface area (Å²) >= 11 is 0. The highest BCUT2D eigenvalue weighted by Gasteiger charge is 2.49. The fraction of sp³-hybridized carbons (Fsp3) is 0.545. The minimum Gasteiger partial charge on any atom is -0.406 e. The van der Waals surface area contributed by atoms with Crippen LogP contribution in [-0.2, 0) is 20.6 Å². The maximum absolute atomic E-state index is 13.2. The molecule has 1 aromatic heterocycles. The summed E-state index contributed by atoms with van der Waals surface area (Å²) in [7, 11) is -3.63. The Labute approximate surface area is 195 Å². The molecule has 34 heavy (non-hydrogen) atoms. The van der Waals surface area contributed by atoms with Gasteiger partial charge in [0.2, 0.25) is 15.9 Å². The van der Waals surface area contributed by atoms with Crippen molar-refractivity contribution in [2.45, 2.75) is 51.1 Å². The highest BCUT2D eigenvalue weighted by Crippen LogP contribution is 2.44. The van der Waals surface area contributed by atoms with Crippen molar-refractivity contribution in [2.24, 2.45) is 5.41 Å². The number of amides is 1. The summed E-state index contributed by atoms with van der Waals surface area (Å²) < 4.78 is 73.3. The topological polar surface area (TPSA) is 93.0 Å². The second-order valence-electron chi connectivity index (χ2n) is 9.06. The first-order valence-electron chi connectivity index (χ1n) is 11.0. The Bertz CT molecular complexity index is 1140. The number of benzene rings is 1. The third-order valence-corrected chi connectivity index (χ3v) is 8.26. The molecule has 0 unspecified atom stereocenters. The molecule has 1 spiro atoms. The lowest BCUT2D eigenvalue weighted by Gasteiger charge is -2.37. The predicted octanol–water partition coefficient (Wildman–Crippen LogP) is 4.05. The fourth-order valence-electron chi connectivity index (χ4n) is 4.49. The van der Waals surface area contributed by atoms with E-state index in [1.165, 1.54) is 28.6 Å². The molecule has 8 nitrogen and oxygen atoms in total. The van der Waals surface area contributed by atoms with Crippen LogP contribution in [0.1, 0.15) is 50.5 Å². The number of alkyl halides is 3. The van der Waals surface area contributed by atoms with Gasteiger partial charge in [-0.1, -0.05) is 19.0 Å². The van der Waals surface area contributed by atoms with Gasteiger partial charge in [-0.25, -0.2) is 12.7 Å². The quantitative estimate of drug-likeness (QED) is 0.593. The number of hydrogen-bond acceptors (Lipinski definition) is 6. The fourth-order valence-corrected chi connectivity index (χ4v) is 5.91. The number of anilines is 1. The number of ether oxygens (including phenoxy) is 1. The van der Waals surface area contributed by atoms with E-state index in [1.807, 2.05) is 13.8 Å². The van der Waals surface area contributed by atoms with E-state index in [4.69, 9.17) is 4.52 Å². The summed E-state index contributed by atoms with van der Waals surface area (Å²) in [6.07, 6.45) is -3.47. The number of nitrogens with zero attached hydrogens (tertiary/aromatic N) is 3. The molecule has 4 rings (SSSR count). The first-order chi connectivity index (χ1) is 15.9. The molecule has 2 saturated heterocycles. The van der Waals surface area contributed by atoms with Crippen LogP contribution >= 0.6 is 0 Å². The van der Waals surface area contributed by atoms with Crippen LogP contribution in [0.15, 0.2) is 34.9 Å². The standard InChI is InChI=1S/C22H26F3N3O5S/c1-15(2)19-13-18(33-26-19)14-34(30,31)27-10-7-21(8-11-27)9-12-28(20(21)29)16-3-5-17(6-4-16)32-22(23,24)25/h3-6,13,15H,7-12,14H2,1-2H3. The Kier molecular flexibility index (Phi) is 6.40. The summed E-state index contributed by atoms with van der Waals surface area (Å²) in [5, 5.41) is 3.90. The average Bonchev–Trinajstić information content (AvgIpc) is 3.33. The zero-order valence-corrected chi connectivity index (χ0v) is 19.7. The van der Waals surface area contributed by atoms with Crippen molar-refractivity contribution in [2.75, 3.05) is 24.5 Å². The second-order valence-corrected chi connectivity index (χ2v) is 11.0. The largest absolute Gasteiger partial charge is 0.573 e. The minimum absolute atomic E-state index is 0.125. The van der Waals surface area contributed by atoms with Gasteiger partial charge in [-0.2, -0.15) is 0 Å². The van der Waals surface area contributed by atoms with E-state index in [0.717, 1.165) is 0 Å². The number of carbonyl (C=O) groups excluding carboxylic acids is 1. The molecule has 12 heteroatoms. The summed E-state index contributed by atoms with van der Waals surface area (Å²) in [6, 6.07) is 6.83. The summed E-state index contributed by atoms with van der Waals surface area (Å²) in [4.78, 5) is 14.8. The molecule has 2 aromatic rings. The van der Waals surface area contributed by atoms with E-state index < -0.39 is 21.8 Å². The van der Waals surface area contributed by atoms with Crippen molar-refractivity contribution in [1.29, 1.82) is 0 Å². The van der Waals surface area contributed by atoms with Gasteiger partial charge in [0, 0.05) is 31.4 Å². The molecule has 0 aliphatic carbocycles. The van der Waals surface area contributed by atoms with Gasteiger partial charge < -0.3 is 14.2 Å². The molecule has 1 amide bonds. The van der Waals surface area contributed by atoms with Gasteiger partial charge in [0.05, 0.1) is 11.1 Å². The molecule has 2 aliphatic rings. The first-order valence-corrected chi connectivity index (χ1v) is 12.6. The summed E-state index contributed by atoms with van der Waals surface area (Å²) in [6.45, 7) is 4.72. The van der Waals surface area contributed by atoms with Crippen molar-refractivity contribution < 1.29 is 35.6 Å². The van der Waals surface area contributed by atoms with E-state index in [0.29, 0.717) is 37.2 Å². The summed E-state index contributed by atoms with van der Waals surface area (Å²) in [5.74, 6) is -0.370. The molecular formula is C22H26F3N3O5S. The third kappa shape index (κ3) is 5.07. The summed E-state index contributed by atoms with van der Waals surface area (Å²) in [5.41, 5.74) is 0.500. The number of piperidine rings is 1. The first kappa shape index (κ1) is 24.5. The van der Waals surface area contributed by atoms with Gasteiger partial charge in [-0.3, -0.25) is 4.79 Å². The molecule has 0 atom stereocenters. The van der Waals surface area contributed by atoms with Gasteiger partial charge in [0.15, 0.2) is 5.76 Å². The molecular weight excluding hydrogens is 475 g/mol. The van der Waals surface area contributed by atoms with E-state index in [1.54, 1.807) is 11.0 Å². The zero-order valence-electron chi connectivity index (χ0n) is 18.8. The van der Waals surface area contributed by atoms with E-state index in [-0.39, 0.29) is 42.2 Å². The lowest BCUT2D eigenvalue weighted by molar-refractivity contribution is -0.274. The molecule has 0 saturated carbocycles. The highest BCUT2D eigenvalue weighted by atomic mass is 32.2. The second kappa shape index (κ2) is 8.88. The molecule has 2 fully saturated rings. The van der Waals surface area contributed by atoms with Crippen LogP contribution in [0.4, 0.5) is 18.9 Å². The van der Waals surface area contributed by atoms with Crippen LogP contribution in [0.2, 0.25) is 0 Å². The molecule has 186 valence electrons. The Morgan fingerprint density at radius 1 is 1.12 bits per heavy atom. The number of sulfonamides is 1. The zero-order chi connectivity index (χ0) is 24.7. The van der Waals surface area contributed by atoms with E-state index in [2.05, 4.69) is 9.89 Å². The number of rotatable bonds is 6. The van der Waals surface area contributed by atoms with Gasteiger partial charge in [-0.05, 0) is 49.4 Å². The van der Waals surface area contributed by atoms with Gasteiger partial charge in [-0.15, -0.1) is 13.2 Å². The van der Waals surface area contributed by atoms with Crippen LogP contribution in [-0.4, -0.2) is 49.8 Å². The van der Waals surface area contributed by atoms with Crippen LogP contribution in [0.25, 0.3) is 0 Å². The Balaban J connectivity index is 1.38. The van der Waals surface area contributed by atoms with E-state index in [9.17, 15) is 26.4 Å². The van der Waals surface area contributed by atoms with Crippen LogP contribution in [0, 0.1) is 5.41 Å². The van der Waals surface area contributed by atoms with E-state index >= 15 is 0 Å². The third-order valence-electron chi connectivity index (χ3n) is 6.46. The average molecular weight is 502 g/mol. The molecule has 3 heterocycles. The van der Waals surface area contributed by atoms with Crippen LogP contribution in [0.3, 0.4) is 0 Å². The van der Waals surface area contributed by atoms with Crippen molar-refractivity contribution in [1.82, 2.24) is 9.46 Å². The Morgan fingerprint density at radius 3 is 2.29 bits per heavy atom. The molecule has 0 radical (unpaired) electrons. The molecule has 1 aromatic carbocycles. The SMILES string of the molecule is CC(C)c1cc(CS(=O)(=O)N2CCC3(CCN(c4ccc(OC(F)(F)F)cc4)C3=O)CC2)on1. The lowest BCUT2D eigenvalue weighted by atomic mass is 9.77. The van der Waals surface area contributed by atoms with Crippen molar-refractivity contribution >= 4 is 21.6 Å². The number of aromatic nitrogens is 1. The predicted molar refractivity (Wildman–Crippen MR) is 117 cm³/mol. The normalized spacial score (nSPS) is 19.4. The van der Waals surface area contributed by atoms with Gasteiger partial charge in [0.1, 0.15) is 11.5 Å². The molecule has 0 bridgehead atoms. The van der Waals surface area contributed by atoms with Gasteiger partial charge in [0.25, 0.3) is 0 Å². The molecule has 2 aliphatic heterocycles. The number of halogens is 3. The Morgan fingerprint density at radius 2 is 1.74 bits per heavy atom. The van der Waals surface area contributed by atoms with Crippen molar-refractivity contribution in [3.8, 4) is 5.75 Å². The maximum atomic E-state index is 13.2. The number of hydrogen-bond donors (Lipinski definition) is 0. The Hall–Kier alpha value is -2.60. The lowest BCUT2D eigenvalue weighted by Crippen LogP contribution is -2.46. The smallest absolute Gasteiger partial charge is 0.406 e. The highest BCUT2D eigenvalue weighted by molar-refractivity contribution is 7.88. The van der Waals surface area contributed by atoms with Crippen LogP contribution in [0.5, 0.6) is 5.75 Å². The number of carbonyl (C=O) groups is 1. The maximum Gasteiger partial charge on any atom is 0.573 e. The monoisotopic (exact) mass is 501 g/mol. The van der Waals surface area contributed by atoms with Crippen molar-refractivity contribution in [3.63, 3.8) is 0 Å². The molecule has 0 N–H and O–H groups in total.